The third kappa shape index (κ3) is 5.03. The van der Waals surface area contributed by atoms with Crippen LogP contribution in [-0.2, 0) is 11.2 Å². The largest absolute Gasteiger partial charge is 0.493 e. The van der Waals surface area contributed by atoms with Crippen LogP contribution < -0.4 is 9.47 Å². The van der Waals surface area contributed by atoms with Gasteiger partial charge in [-0.1, -0.05) is 42.2 Å². The molecule has 2 heterocycles. The number of carboxylic acids is 1. The van der Waals surface area contributed by atoms with E-state index < -0.39 is 5.97 Å². The maximum atomic E-state index is 13.2. The molecule has 5 rings (SSSR count). The highest BCUT2D eigenvalue weighted by atomic mass is 32.2. The molecule has 2 N–H and O–H groups in total. The average molecular weight is 545 g/mol. The highest BCUT2D eigenvalue weighted by Gasteiger charge is 2.32. The molecular formula is C29H24N2O5S2. The smallest absolute Gasteiger partial charge is 0.335 e. The minimum absolute atomic E-state index is 0.160. The van der Waals surface area contributed by atoms with Gasteiger partial charge in [0.25, 0.3) is 5.91 Å². The number of carbonyl (C=O) groups excluding carboxylic acids is 1. The minimum Gasteiger partial charge on any atom is -0.493 e. The standard InChI is InChI=1S/C29H24N2O5S2/c1-35-24-14-18(13-22(26(24)36-2)20-7-8-23-21(16-20)9-11-30-23)15-25-27(32)31(29(37)38-25)12-10-17-3-5-19(6-4-17)28(33)34/h3-9,11,13-16,30H,10,12H2,1-2H3,(H,33,34)/b25-15-. The van der Waals surface area contributed by atoms with Gasteiger partial charge >= 0.3 is 5.97 Å². The fourth-order valence-corrected chi connectivity index (χ4v) is 5.71. The fourth-order valence-electron chi connectivity index (χ4n) is 4.40. The van der Waals surface area contributed by atoms with Crippen LogP contribution in [0.4, 0.5) is 0 Å². The number of H-pyrrole nitrogens is 1. The molecule has 7 nitrogen and oxygen atoms in total. The van der Waals surface area contributed by atoms with E-state index in [-0.39, 0.29) is 11.5 Å². The van der Waals surface area contributed by atoms with Crippen molar-refractivity contribution < 1.29 is 24.2 Å². The second kappa shape index (κ2) is 10.7. The van der Waals surface area contributed by atoms with Gasteiger partial charge in [-0.2, -0.15) is 0 Å². The first-order valence-electron chi connectivity index (χ1n) is 11.8. The number of thioether (sulfide) groups is 1. The van der Waals surface area contributed by atoms with Crippen molar-refractivity contribution in [3.05, 3.63) is 88.5 Å². The van der Waals surface area contributed by atoms with Gasteiger partial charge in [0, 0.05) is 23.8 Å². The van der Waals surface area contributed by atoms with Gasteiger partial charge in [-0.15, -0.1) is 0 Å². The maximum Gasteiger partial charge on any atom is 0.335 e. The number of aromatic carboxylic acids is 1. The highest BCUT2D eigenvalue weighted by molar-refractivity contribution is 8.26. The van der Waals surface area contributed by atoms with E-state index in [4.69, 9.17) is 26.8 Å². The summed E-state index contributed by atoms with van der Waals surface area (Å²) in [5.41, 5.74) is 4.79. The molecule has 0 atom stereocenters. The summed E-state index contributed by atoms with van der Waals surface area (Å²) in [6.45, 7) is 0.405. The molecule has 0 saturated carbocycles. The molecule has 1 amide bonds. The minimum atomic E-state index is -0.970. The second-order valence-electron chi connectivity index (χ2n) is 8.67. The molecule has 0 bridgehead atoms. The number of fused-ring (bicyclic) bond motifs is 1. The number of ether oxygens (including phenoxy) is 2. The molecule has 0 unspecified atom stereocenters. The van der Waals surface area contributed by atoms with E-state index in [2.05, 4.69) is 11.1 Å². The lowest BCUT2D eigenvalue weighted by molar-refractivity contribution is -0.122. The van der Waals surface area contributed by atoms with E-state index in [1.54, 1.807) is 43.4 Å². The number of aromatic amines is 1. The van der Waals surface area contributed by atoms with E-state index in [0.29, 0.717) is 33.7 Å². The molecule has 9 heteroatoms. The summed E-state index contributed by atoms with van der Waals surface area (Å²) in [4.78, 5) is 29.6. The number of nitrogens with zero attached hydrogens (tertiary/aromatic N) is 1. The van der Waals surface area contributed by atoms with Crippen molar-refractivity contribution in [2.24, 2.45) is 0 Å². The third-order valence-electron chi connectivity index (χ3n) is 6.36. The van der Waals surface area contributed by atoms with Crippen LogP contribution in [0.2, 0.25) is 0 Å². The Hall–Kier alpha value is -4.08. The number of hydrogen-bond donors (Lipinski definition) is 2. The van der Waals surface area contributed by atoms with E-state index in [1.165, 1.54) is 11.8 Å². The lowest BCUT2D eigenvalue weighted by Gasteiger charge is -2.15. The Kier molecular flexibility index (Phi) is 7.22. The SMILES string of the molecule is COc1cc(/C=C2\SC(=S)N(CCc3ccc(C(=O)O)cc3)C2=O)cc(-c2ccc3[nH]ccc3c2)c1OC. The molecule has 3 aromatic carbocycles. The van der Waals surface area contributed by atoms with Crippen molar-refractivity contribution in [2.75, 3.05) is 20.8 Å². The van der Waals surface area contributed by atoms with Crippen molar-refractivity contribution in [1.82, 2.24) is 9.88 Å². The number of amides is 1. The van der Waals surface area contributed by atoms with Gasteiger partial charge < -0.3 is 19.6 Å². The fraction of sp³-hybridized carbons (Fsp3) is 0.138. The van der Waals surface area contributed by atoms with Crippen molar-refractivity contribution in [3.8, 4) is 22.6 Å². The van der Waals surface area contributed by atoms with Crippen LogP contribution in [-0.4, -0.2) is 52.0 Å². The summed E-state index contributed by atoms with van der Waals surface area (Å²) >= 11 is 6.77. The monoisotopic (exact) mass is 544 g/mol. The van der Waals surface area contributed by atoms with Crippen LogP contribution in [0.1, 0.15) is 21.5 Å². The molecule has 4 aromatic rings. The molecule has 0 spiro atoms. The first kappa shape index (κ1) is 25.6. The number of carbonyl (C=O) groups is 2. The maximum absolute atomic E-state index is 13.2. The lowest BCUT2D eigenvalue weighted by atomic mass is 9.99. The number of nitrogens with one attached hydrogen (secondary N) is 1. The summed E-state index contributed by atoms with van der Waals surface area (Å²) in [5.74, 6) is 0.0425. The van der Waals surface area contributed by atoms with Crippen molar-refractivity contribution in [1.29, 1.82) is 0 Å². The van der Waals surface area contributed by atoms with Crippen LogP contribution >= 0.6 is 24.0 Å². The normalized spacial score (nSPS) is 14.5. The van der Waals surface area contributed by atoms with Crippen molar-refractivity contribution in [2.45, 2.75) is 6.42 Å². The summed E-state index contributed by atoms with van der Waals surface area (Å²) in [6.07, 6.45) is 4.28. The number of aromatic nitrogens is 1. The molecule has 1 saturated heterocycles. The van der Waals surface area contributed by atoms with Crippen LogP contribution in [0.15, 0.2) is 71.8 Å². The molecule has 0 radical (unpaired) electrons. The Morgan fingerprint density at radius 2 is 1.87 bits per heavy atom. The van der Waals surface area contributed by atoms with Gasteiger partial charge in [0.15, 0.2) is 11.5 Å². The zero-order chi connectivity index (χ0) is 26.8. The van der Waals surface area contributed by atoms with E-state index in [9.17, 15) is 9.59 Å². The predicted octanol–water partition coefficient (Wildman–Crippen LogP) is 5.99. The summed E-state index contributed by atoms with van der Waals surface area (Å²) < 4.78 is 11.8. The van der Waals surface area contributed by atoms with E-state index in [1.807, 2.05) is 42.6 Å². The Balaban J connectivity index is 1.41. The molecular weight excluding hydrogens is 520 g/mol. The number of hydrogen-bond acceptors (Lipinski definition) is 6. The van der Waals surface area contributed by atoms with Crippen LogP contribution in [0.5, 0.6) is 11.5 Å². The Bertz CT molecular complexity index is 1590. The lowest BCUT2D eigenvalue weighted by Crippen LogP contribution is -2.30. The predicted molar refractivity (Wildman–Crippen MR) is 154 cm³/mol. The molecule has 1 aliphatic heterocycles. The molecule has 1 fully saturated rings. The molecule has 192 valence electrons. The molecule has 38 heavy (non-hydrogen) atoms. The highest BCUT2D eigenvalue weighted by Crippen LogP contribution is 2.41. The molecule has 1 aliphatic rings. The first-order valence-corrected chi connectivity index (χ1v) is 13.0. The topological polar surface area (TPSA) is 91.9 Å². The number of thiocarbonyl (C=S) groups is 1. The zero-order valence-corrected chi connectivity index (χ0v) is 22.3. The van der Waals surface area contributed by atoms with Gasteiger partial charge in [0.1, 0.15) is 4.32 Å². The second-order valence-corrected chi connectivity index (χ2v) is 10.3. The van der Waals surface area contributed by atoms with Gasteiger partial charge in [-0.3, -0.25) is 9.69 Å². The average Bonchev–Trinajstić information content (AvgIpc) is 3.50. The van der Waals surface area contributed by atoms with Gasteiger partial charge in [0.05, 0.1) is 24.7 Å². The number of benzene rings is 3. The van der Waals surface area contributed by atoms with Crippen LogP contribution in [0, 0.1) is 0 Å². The Morgan fingerprint density at radius 3 is 2.58 bits per heavy atom. The number of rotatable bonds is 8. The molecule has 0 aliphatic carbocycles. The van der Waals surface area contributed by atoms with Gasteiger partial charge in [-0.05, 0) is 77.0 Å². The summed E-state index contributed by atoms with van der Waals surface area (Å²) in [7, 11) is 3.19. The number of methoxy groups -OCH3 is 2. The van der Waals surface area contributed by atoms with Gasteiger partial charge in [-0.25, -0.2) is 4.79 Å². The quantitative estimate of drug-likeness (QED) is 0.208. The van der Waals surface area contributed by atoms with E-state index in [0.717, 1.165) is 33.2 Å². The van der Waals surface area contributed by atoms with Gasteiger partial charge in [0.2, 0.25) is 0 Å². The summed E-state index contributed by atoms with van der Waals surface area (Å²) in [5, 5.41) is 10.2. The summed E-state index contributed by atoms with van der Waals surface area (Å²) in [6, 6.07) is 18.6. The van der Waals surface area contributed by atoms with E-state index >= 15 is 0 Å². The first-order chi connectivity index (χ1) is 18.4. The van der Waals surface area contributed by atoms with Crippen molar-refractivity contribution in [3.63, 3.8) is 0 Å². The Labute approximate surface area is 229 Å². The Morgan fingerprint density at radius 1 is 1.08 bits per heavy atom. The van der Waals surface area contributed by atoms with Crippen LogP contribution in [0.3, 0.4) is 0 Å². The zero-order valence-electron chi connectivity index (χ0n) is 20.7. The van der Waals surface area contributed by atoms with Crippen LogP contribution in [0.25, 0.3) is 28.1 Å². The van der Waals surface area contributed by atoms with Crippen molar-refractivity contribution >= 4 is 57.2 Å². The third-order valence-corrected chi connectivity index (χ3v) is 7.74. The molecule has 1 aromatic heterocycles. The number of carboxylic acid groups (broad SMARTS) is 1.